The van der Waals surface area contributed by atoms with E-state index in [1.165, 1.54) is 0 Å². The van der Waals surface area contributed by atoms with Crippen molar-refractivity contribution in [2.24, 2.45) is 0 Å². The molecule has 3 rings (SSSR count). The summed E-state index contributed by atoms with van der Waals surface area (Å²) in [5, 5.41) is 0. The maximum Gasteiger partial charge on any atom is 0.199 e. The van der Waals surface area contributed by atoms with E-state index >= 15 is 0 Å². The van der Waals surface area contributed by atoms with Crippen molar-refractivity contribution in [3.05, 3.63) is 42.2 Å². The van der Waals surface area contributed by atoms with Crippen molar-refractivity contribution in [2.75, 3.05) is 33.0 Å². The van der Waals surface area contributed by atoms with Crippen molar-refractivity contribution in [3.8, 4) is 29.0 Å². The smallest absolute Gasteiger partial charge is 0.199 e. The Morgan fingerprint density at radius 3 is 2.57 bits per heavy atom. The zero-order chi connectivity index (χ0) is 19.4. The van der Waals surface area contributed by atoms with Crippen LogP contribution in [0.1, 0.15) is 31.7 Å². The molecule has 1 fully saturated rings. The Labute approximate surface area is 166 Å². The van der Waals surface area contributed by atoms with Gasteiger partial charge in [-0.2, -0.15) is 0 Å². The average Bonchev–Trinajstić information content (AvgIpc) is 2.75. The first kappa shape index (κ1) is 20.3. The molecule has 0 spiro atoms. The first-order chi connectivity index (χ1) is 13.8. The maximum atomic E-state index is 5.85. The molecule has 6 heteroatoms. The Kier molecular flexibility index (Phi) is 8.26. The van der Waals surface area contributed by atoms with Gasteiger partial charge in [0.15, 0.2) is 12.1 Å². The van der Waals surface area contributed by atoms with E-state index in [2.05, 4.69) is 21.8 Å². The van der Waals surface area contributed by atoms with Crippen LogP contribution in [-0.4, -0.2) is 49.3 Å². The molecular formula is C22H26N2O4. The molecule has 0 saturated carbocycles. The highest BCUT2D eigenvalue weighted by molar-refractivity contribution is 5.56. The molecule has 0 bridgehead atoms. The summed E-state index contributed by atoms with van der Waals surface area (Å²) in [6.45, 7) is 4.92. The van der Waals surface area contributed by atoms with Gasteiger partial charge in [-0.1, -0.05) is 11.8 Å². The van der Waals surface area contributed by atoms with E-state index in [0.717, 1.165) is 42.7 Å². The number of hydrogen-bond acceptors (Lipinski definition) is 6. The fourth-order valence-corrected chi connectivity index (χ4v) is 2.70. The zero-order valence-electron chi connectivity index (χ0n) is 16.2. The third-order valence-electron chi connectivity index (χ3n) is 4.15. The van der Waals surface area contributed by atoms with Gasteiger partial charge in [-0.05, 0) is 44.0 Å². The topological polar surface area (TPSA) is 62.7 Å². The molecule has 1 aromatic carbocycles. The van der Waals surface area contributed by atoms with Crippen LogP contribution in [0.3, 0.4) is 0 Å². The van der Waals surface area contributed by atoms with E-state index in [9.17, 15) is 0 Å². The number of hydrogen-bond donors (Lipinski definition) is 0. The summed E-state index contributed by atoms with van der Waals surface area (Å²) in [4.78, 5) is 8.79. The van der Waals surface area contributed by atoms with Crippen LogP contribution in [0.5, 0.6) is 5.75 Å². The van der Waals surface area contributed by atoms with Gasteiger partial charge in [0.2, 0.25) is 0 Å². The van der Waals surface area contributed by atoms with Crippen LogP contribution >= 0.6 is 0 Å². The van der Waals surface area contributed by atoms with Gasteiger partial charge in [0.05, 0.1) is 25.4 Å². The van der Waals surface area contributed by atoms with Crippen LogP contribution in [0.4, 0.5) is 0 Å². The van der Waals surface area contributed by atoms with Crippen molar-refractivity contribution < 1.29 is 18.9 Å². The van der Waals surface area contributed by atoms with Crippen LogP contribution in [0, 0.1) is 11.8 Å². The lowest BCUT2D eigenvalue weighted by atomic mass is 10.2. The molecule has 1 aliphatic rings. The lowest BCUT2D eigenvalue weighted by Crippen LogP contribution is -2.24. The van der Waals surface area contributed by atoms with E-state index in [1.807, 2.05) is 31.2 Å². The summed E-state index contributed by atoms with van der Waals surface area (Å²) in [5.41, 5.74) is 1.68. The number of ether oxygens (including phenoxy) is 4. The summed E-state index contributed by atoms with van der Waals surface area (Å²) in [5.74, 6) is 7.39. The Bertz CT molecular complexity index is 760. The third-order valence-corrected chi connectivity index (χ3v) is 4.15. The third kappa shape index (κ3) is 6.61. The second-order valence-corrected chi connectivity index (χ2v) is 6.28. The zero-order valence-corrected chi connectivity index (χ0v) is 16.2. The number of aromatic nitrogens is 2. The molecule has 0 N–H and O–H groups in total. The van der Waals surface area contributed by atoms with Crippen molar-refractivity contribution >= 4 is 0 Å². The lowest BCUT2D eigenvalue weighted by Gasteiger charge is -2.23. The van der Waals surface area contributed by atoms with Gasteiger partial charge in [-0.3, -0.25) is 0 Å². The molecule has 1 aromatic heterocycles. The first-order valence-corrected chi connectivity index (χ1v) is 9.70. The Hall–Kier alpha value is -2.46. The molecule has 1 aliphatic heterocycles. The normalized spacial score (nSPS) is 16.2. The molecule has 28 heavy (non-hydrogen) atoms. The minimum absolute atomic E-state index is 0.142. The van der Waals surface area contributed by atoms with E-state index in [4.69, 9.17) is 18.9 Å². The monoisotopic (exact) mass is 382 g/mol. The largest absolute Gasteiger partial charge is 0.465 e. The minimum atomic E-state index is -0.142. The summed E-state index contributed by atoms with van der Waals surface area (Å²) >= 11 is 0. The SMILES string of the molecule is CCOCCOCC#Cc1cnc(-c2ccc(OC3CCCCO3)cc2)nc1. The second kappa shape index (κ2) is 11.4. The predicted molar refractivity (Wildman–Crippen MR) is 106 cm³/mol. The van der Waals surface area contributed by atoms with E-state index < -0.39 is 0 Å². The van der Waals surface area contributed by atoms with Crippen molar-refractivity contribution in [2.45, 2.75) is 32.5 Å². The fourth-order valence-electron chi connectivity index (χ4n) is 2.70. The lowest BCUT2D eigenvalue weighted by molar-refractivity contribution is -0.105. The molecule has 1 unspecified atom stereocenters. The number of rotatable bonds is 8. The molecular weight excluding hydrogens is 356 g/mol. The van der Waals surface area contributed by atoms with Crippen molar-refractivity contribution in [3.63, 3.8) is 0 Å². The van der Waals surface area contributed by atoms with E-state index in [0.29, 0.717) is 32.3 Å². The van der Waals surface area contributed by atoms with Gasteiger partial charge in [-0.25, -0.2) is 9.97 Å². The van der Waals surface area contributed by atoms with Gasteiger partial charge in [0.1, 0.15) is 12.4 Å². The Morgan fingerprint density at radius 2 is 1.86 bits per heavy atom. The second-order valence-electron chi connectivity index (χ2n) is 6.28. The van der Waals surface area contributed by atoms with Gasteiger partial charge in [0.25, 0.3) is 0 Å². The quantitative estimate of drug-likeness (QED) is 0.515. The van der Waals surface area contributed by atoms with Crippen molar-refractivity contribution in [1.29, 1.82) is 0 Å². The van der Waals surface area contributed by atoms with Crippen LogP contribution in [0.2, 0.25) is 0 Å². The predicted octanol–water partition coefficient (Wildman–Crippen LogP) is 3.45. The summed E-state index contributed by atoms with van der Waals surface area (Å²) in [6.07, 6.45) is 6.48. The number of benzene rings is 1. The summed E-state index contributed by atoms with van der Waals surface area (Å²) in [6, 6.07) is 7.74. The van der Waals surface area contributed by atoms with Crippen molar-refractivity contribution in [1.82, 2.24) is 9.97 Å². The van der Waals surface area contributed by atoms with Crippen LogP contribution in [0.15, 0.2) is 36.7 Å². The minimum Gasteiger partial charge on any atom is -0.465 e. The summed E-state index contributed by atoms with van der Waals surface area (Å²) < 4.78 is 22.0. The Morgan fingerprint density at radius 1 is 1.07 bits per heavy atom. The van der Waals surface area contributed by atoms with Crippen LogP contribution in [0.25, 0.3) is 11.4 Å². The van der Waals surface area contributed by atoms with E-state index in [1.54, 1.807) is 12.4 Å². The molecule has 1 atom stereocenters. The Balaban J connectivity index is 1.49. The first-order valence-electron chi connectivity index (χ1n) is 9.70. The molecule has 148 valence electrons. The molecule has 1 saturated heterocycles. The highest BCUT2D eigenvalue weighted by Gasteiger charge is 2.15. The van der Waals surface area contributed by atoms with E-state index in [-0.39, 0.29) is 6.29 Å². The molecule has 0 radical (unpaired) electrons. The maximum absolute atomic E-state index is 5.85. The molecule has 2 heterocycles. The van der Waals surface area contributed by atoms with Gasteiger partial charge < -0.3 is 18.9 Å². The molecule has 0 amide bonds. The van der Waals surface area contributed by atoms with Crippen LogP contribution in [-0.2, 0) is 14.2 Å². The average molecular weight is 382 g/mol. The fraction of sp³-hybridized carbons (Fsp3) is 0.455. The molecule has 0 aliphatic carbocycles. The highest BCUT2D eigenvalue weighted by atomic mass is 16.7. The molecule has 6 nitrogen and oxygen atoms in total. The van der Waals surface area contributed by atoms with Gasteiger partial charge in [0, 0.05) is 31.0 Å². The number of nitrogens with zero attached hydrogens (tertiary/aromatic N) is 2. The van der Waals surface area contributed by atoms with Crippen LogP contribution < -0.4 is 4.74 Å². The molecule has 2 aromatic rings. The van der Waals surface area contributed by atoms with Gasteiger partial charge >= 0.3 is 0 Å². The van der Waals surface area contributed by atoms with Gasteiger partial charge in [-0.15, -0.1) is 0 Å². The highest BCUT2D eigenvalue weighted by Crippen LogP contribution is 2.22. The standard InChI is InChI=1S/C22H26N2O4/c1-2-25-14-15-26-12-5-6-18-16-23-22(24-17-18)19-8-10-20(11-9-19)28-21-7-3-4-13-27-21/h8-11,16-17,21H,2-4,7,12-15H2,1H3. The summed E-state index contributed by atoms with van der Waals surface area (Å²) in [7, 11) is 0.